The van der Waals surface area contributed by atoms with Crippen LogP contribution in [-0.4, -0.2) is 41.3 Å². The van der Waals surface area contributed by atoms with Gasteiger partial charge in [-0.05, 0) is 12.8 Å². The lowest BCUT2D eigenvalue weighted by atomic mass is 10.1. The fourth-order valence-corrected chi connectivity index (χ4v) is 1.52. The highest BCUT2D eigenvalue weighted by atomic mass is 16.7. The van der Waals surface area contributed by atoms with Gasteiger partial charge in [-0.15, -0.1) is 5.06 Å². The number of carbonyl (C=O) groups excluding carboxylic acids is 4. The van der Waals surface area contributed by atoms with Gasteiger partial charge in [0.2, 0.25) is 0 Å². The fraction of sp³-hybridized carbons (Fsp3) is 0.714. The molecule has 1 N–H and O–H groups in total. The molecule has 0 aromatic heterocycles. The second-order valence-electron chi connectivity index (χ2n) is 4.11. The van der Waals surface area contributed by atoms with Crippen LogP contribution in [0.5, 0.6) is 0 Å². The van der Waals surface area contributed by atoms with Gasteiger partial charge in [0.05, 0.1) is 5.92 Å². The maximum atomic E-state index is 11.6. The Balaban J connectivity index is -0.000000774. The average Bonchev–Trinajstić information content (AvgIpc) is 2.73. The number of hydroxylamine groups is 2. The highest BCUT2D eigenvalue weighted by Crippen LogP contribution is 2.16. The van der Waals surface area contributed by atoms with Crippen LogP contribution in [0.15, 0.2) is 0 Å². The van der Waals surface area contributed by atoms with Crippen LogP contribution in [0.3, 0.4) is 0 Å². The summed E-state index contributed by atoms with van der Waals surface area (Å²) in [6, 6.07) is 0. The van der Waals surface area contributed by atoms with Crippen LogP contribution >= 0.6 is 0 Å². The van der Waals surface area contributed by atoms with Crippen molar-refractivity contribution in [1.29, 1.82) is 0 Å². The van der Waals surface area contributed by atoms with E-state index < -0.39 is 17.8 Å². The predicted octanol–water partition coefficient (Wildman–Crippen LogP) is 1.48. The highest BCUT2D eigenvalue weighted by Gasteiger charge is 2.33. The number of imide groups is 1. The monoisotopic (exact) mass is 305 g/mol. The first-order valence-electron chi connectivity index (χ1n) is 6.03. The number of nitrogens with zero attached hydrogens (tertiary/aromatic N) is 1. The van der Waals surface area contributed by atoms with Crippen LogP contribution < -0.4 is 0 Å². The lowest BCUT2D eigenvalue weighted by molar-refractivity contribution is -0.200. The Kier molecular flexibility index (Phi) is 15.3. The molecule has 1 heterocycles. The van der Waals surface area contributed by atoms with E-state index in [9.17, 15) is 14.4 Å². The third kappa shape index (κ3) is 8.19. The van der Waals surface area contributed by atoms with Crippen molar-refractivity contribution in [3.8, 4) is 0 Å². The van der Waals surface area contributed by atoms with Gasteiger partial charge < -0.3 is 14.7 Å². The summed E-state index contributed by atoms with van der Waals surface area (Å²) in [5, 5.41) is 9.16. The Bertz CT molecular complexity index is 315. The number of hydrogen-bond acceptors (Lipinski definition) is 6. The molecule has 1 atom stereocenters. The smallest absolute Gasteiger partial charge is 0.335 e. The molecule has 7 heteroatoms. The fourth-order valence-electron chi connectivity index (χ4n) is 1.52. The molecule has 1 fully saturated rings. The molecule has 0 spiro atoms. The maximum absolute atomic E-state index is 11.6. The summed E-state index contributed by atoms with van der Waals surface area (Å²) in [7, 11) is 0. The molecule has 7 nitrogen and oxygen atoms in total. The summed E-state index contributed by atoms with van der Waals surface area (Å²) in [5.74, 6) is -1.90. The van der Waals surface area contributed by atoms with Gasteiger partial charge in [-0.1, -0.05) is 28.2 Å². The molecule has 124 valence electrons. The van der Waals surface area contributed by atoms with Gasteiger partial charge in [0.25, 0.3) is 11.8 Å². The molecule has 1 unspecified atom stereocenters. The Morgan fingerprint density at radius 2 is 1.71 bits per heavy atom. The van der Waals surface area contributed by atoms with Gasteiger partial charge in [0.1, 0.15) is 6.79 Å². The summed E-state index contributed by atoms with van der Waals surface area (Å²) in [6.45, 7) is 3.76. The number of unbranched alkanes of at least 4 members (excludes halogenated alkanes) is 1. The lowest BCUT2D eigenvalue weighted by Crippen LogP contribution is -2.34. The lowest BCUT2D eigenvalue weighted by Gasteiger charge is -2.15. The molecule has 0 bridgehead atoms. The van der Waals surface area contributed by atoms with Crippen molar-refractivity contribution in [2.45, 2.75) is 53.9 Å². The van der Waals surface area contributed by atoms with E-state index in [1.807, 2.05) is 6.79 Å². The minimum absolute atomic E-state index is 0. The average molecular weight is 305 g/mol. The minimum atomic E-state index is -0.577. The first-order chi connectivity index (χ1) is 9.06. The Morgan fingerprint density at radius 1 is 1.24 bits per heavy atom. The van der Waals surface area contributed by atoms with E-state index in [4.69, 9.17) is 14.7 Å². The number of aliphatic hydroxyl groups excluding tert-OH is 1. The number of carbonyl (C=O) groups is 4. The van der Waals surface area contributed by atoms with Crippen molar-refractivity contribution in [1.82, 2.24) is 5.06 Å². The number of rotatable bonds is 6. The topological polar surface area (TPSA) is 101 Å². The van der Waals surface area contributed by atoms with Crippen LogP contribution in [0, 0.1) is 5.92 Å². The molecule has 1 rings (SSSR count). The van der Waals surface area contributed by atoms with Crippen molar-refractivity contribution < 1.29 is 29.1 Å². The van der Waals surface area contributed by atoms with Gasteiger partial charge in [-0.3, -0.25) is 9.59 Å². The van der Waals surface area contributed by atoms with Crippen molar-refractivity contribution >= 4 is 24.6 Å². The van der Waals surface area contributed by atoms with Gasteiger partial charge >= 0.3 is 5.97 Å². The largest absolute Gasteiger partial charge is 0.396 e. The van der Waals surface area contributed by atoms with E-state index in [-0.39, 0.29) is 40.2 Å². The van der Waals surface area contributed by atoms with E-state index in [0.29, 0.717) is 24.3 Å². The van der Waals surface area contributed by atoms with Gasteiger partial charge in [-0.2, -0.15) is 0 Å². The van der Waals surface area contributed by atoms with Gasteiger partial charge in [0.15, 0.2) is 0 Å². The number of hydrogen-bond donors (Lipinski definition) is 1. The van der Waals surface area contributed by atoms with E-state index in [1.54, 1.807) is 6.92 Å². The SMILES string of the molecule is C.C.C=O.CC(CCCCO)C(=O)ON1C(=O)CCC1=O. The zero-order valence-electron chi connectivity index (χ0n) is 11.0. The first-order valence-corrected chi connectivity index (χ1v) is 6.03. The third-order valence-corrected chi connectivity index (χ3v) is 2.63. The summed E-state index contributed by atoms with van der Waals surface area (Å²) < 4.78 is 0. The van der Waals surface area contributed by atoms with Crippen molar-refractivity contribution in [3.05, 3.63) is 0 Å². The van der Waals surface area contributed by atoms with Crippen LogP contribution in [0.2, 0.25) is 0 Å². The third-order valence-electron chi connectivity index (χ3n) is 2.63. The second kappa shape index (κ2) is 13.2. The minimum Gasteiger partial charge on any atom is -0.396 e. The van der Waals surface area contributed by atoms with Crippen molar-refractivity contribution in [2.75, 3.05) is 6.61 Å². The van der Waals surface area contributed by atoms with E-state index >= 15 is 0 Å². The predicted molar refractivity (Wildman–Crippen MR) is 77.9 cm³/mol. The zero-order valence-corrected chi connectivity index (χ0v) is 11.0. The molecule has 0 radical (unpaired) electrons. The quantitative estimate of drug-likeness (QED) is 0.589. The maximum Gasteiger partial charge on any atom is 0.335 e. The van der Waals surface area contributed by atoms with Crippen LogP contribution in [0.1, 0.15) is 53.9 Å². The van der Waals surface area contributed by atoms with E-state index in [2.05, 4.69) is 0 Å². The molecule has 0 aliphatic carbocycles. The molecular formula is C14H27NO6. The summed E-state index contributed by atoms with van der Waals surface area (Å²) in [5.41, 5.74) is 0. The van der Waals surface area contributed by atoms with Gasteiger partial charge in [-0.25, -0.2) is 4.79 Å². The first kappa shape index (κ1) is 24.3. The molecule has 1 saturated heterocycles. The second-order valence-corrected chi connectivity index (χ2v) is 4.11. The van der Waals surface area contributed by atoms with Crippen molar-refractivity contribution in [3.63, 3.8) is 0 Å². The standard InChI is InChI=1S/C11H17NO5.CH2O.2CH4/c1-8(4-2-3-7-13)11(16)17-12-9(14)5-6-10(12)15;1-2;;/h8,13H,2-7H2,1H3;1H2;2*1H4. The Hall–Kier alpha value is -1.76. The van der Waals surface area contributed by atoms with Crippen molar-refractivity contribution in [2.24, 2.45) is 5.92 Å². The molecule has 0 saturated carbocycles. The molecular weight excluding hydrogens is 278 g/mol. The Morgan fingerprint density at radius 3 is 2.14 bits per heavy atom. The Labute approximate surface area is 126 Å². The normalized spacial score (nSPS) is 14.3. The molecule has 0 aromatic rings. The van der Waals surface area contributed by atoms with E-state index in [0.717, 1.165) is 0 Å². The summed E-state index contributed by atoms with van der Waals surface area (Å²) in [4.78, 5) is 46.7. The molecule has 2 amide bonds. The molecule has 0 aromatic carbocycles. The molecule has 1 aliphatic rings. The highest BCUT2D eigenvalue weighted by molar-refractivity contribution is 6.01. The molecule has 21 heavy (non-hydrogen) atoms. The van der Waals surface area contributed by atoms with Crippen LogP contribution in [-0.2, 0) is 24.0 Å². The number of amides is 2. The van der Waals surface area contributed by atoms with Crippen LogP contribution in [0.4, 0.5) is 0 Å². The zero-order chi connectivity index (χ0) is 14.8. The summed E-state index contributed by atoms with van der Waals surface area (Å²) >= 11 is 0. The molecule has 1 aliphatic heterocycles. The van der Waals surface area contributed by atoms with Crippen LogP contribution in [0.25, 0.3) is 0 Å². The number of aliphatic hydroxyl groups is 1. The van der Waals surface area contributed by atoms with Gasteiger partial charge in [0, 0.05) is 19.4 Å². The van der Waals surface area contributed by atoms with E-state index in [1.165, 1.54) is 0 Å². The summed E-state index contributed by atoms with van der Waals surface area (Å²) in [6.07, 6.45) is 2.10.